The summed E-state index contributed by atoms with van der Waals surface area (Å²) < 4.78 is 2.08. The van der Waals surface area contributed by atoms with Crippen LogP contribution in [-0.4, -0.2) is 22.9 Å². The molecule has 0 saturated heterocycles. The van der Waals surface area contributed by atoms with Crippen molar-refractivity contribution in [3.05, 3.63) is 18.0 Å². The minimum atomic E-state index is 0.417. The third-order valence-electron chi connectivity index (χ3n) is 5.11. The van der Waals surface area contributed by atoms with Gasteiger partial charge in [-0.2, -0.15) is 5.10 Å². The van der Waals surface area contributed by atoms with Crippen LogP contribution < -0.4 is 5.32 Å². The van der Waals surface area contributed by atoms with Crippen LogP contribution in [0.5, 0.6) is 0 Å². The molecule has 1 aromatic heterocycles. The van der Waals surface area contributed by atoms with Crippen LogP contribution in [-0.2, 0) is 7.05 Å². The molecular weight excluding hydrogens is 246 g/mol. The number of hydrogen-bond donors (Lipinski definition) is 1. The highest BCUT2D eigenvalue weighted by atomic mass is 15.3. The predicted octanol–water partition coefficient (Wildman–Crippen LogP) is 3.58. The van der Waals surface area contributed by atoms with Crippen LogP contribution in [0.15, 0.2) is 12.3 Å². The molecule has 1 aliphatic rings. The van der Waals surface area contributed by atoms with Gasteiger partial charge in [-0.3, -0.25) is 4.68 Å². The molecule has 0 amide bonds. The Morgan fingerprint density at radius 2 is 2.10 bits per heavy atom. The molecule has 3 nitrogen and oxygen atoms in total. The van der Waals surface area contributed by atoms with Gasteiger partial charge in [0.2, 0.25) is 0 Å². The number of rotatable bonds is 4. The molecule has 3 heteroatoms. The maximum absolute atomic E-state index is 4.39. The molecular formula is C17H31N3. The molecule has 0 bridgehead atoms. The molecule has 1 N–H and O–H groups in total. The molecule has 114 valence electrons. The molecule has 1 aliphatic carbocycles. The monoisotopic (exact) mass is 277 g/mol. The van der Waals surface area contributed by atoms with Crippen LogP contribution in [0.4, 0.5) is 0 Å². The van der Waals surface area contributed by atoms with Crippen LogP contribution in [0, 0.1) is 17.3 Å². The van der Waals surface area contributed by atoms with Crippen LogP contribution >= 0.6 is 0 Å². The molecule has 1 fully saturated rings. The Balaban J connectivity index is 2.17. The summed E-state index contributed by atoms with van der Waals surface area (Å²) in [5.41, 5.74) is 1.84. The van der Waals surface area contributed by atoms with Crippen molar-refractivity contribution in [3.63, 3.8) is 0 Å². The van der Waals surface area contributed by atoms with Gasteiger partial charge in [-0.15, -0.1) is 0 Å². The van der Waals surface area contributed by atoms with Crippen LogP contribution in [0.3, 0.4) is 0 Å². The summed E-state index contributed by atoms with van der Waals surface area (Å²) in [6.45, 7) is 11.6. The van der Waals surface area contributed by atoms with Crippen molar-refractivity contribution in [2.45, 2.75) is 52.9 Å². The van der Waals surface area contributed by atoms with Gasteiger partial charge in [-0.05, 0) is 55.7 Å². The van der Waals surface area contributed by atoms with E-state index in [4.69, 9.17) is 0 Å². The number of aryl methyl sites for hydroxylation is 1. The molecule has 1 heterocycles. The quantitative estimate of drug-likeness (QED) is 0.911. The average molecular weight is 277 g/mol. The summed E-state index contributed by atoms with van der Waals surface area (Å²) in [4.78, 5) is 0. The fourth-order valence-corrected chi connectivity index (χ4v) is 3.70. The molecule has 3 unspecified atom stereocenters. The summed E-state index contributed by atoms with van der Waals surface area (Å²) in [7, 11) is 2.08. The first kappa shape index (κ1) is 15.6. The maximum Gasteiger partial charge on any atom is 0.0492 e. The zero-order valence-electron chi connectivity index (χ0n) is 13.8. The molecule has 0 aliphatic heterocycles. The first-order valence-corrected chi connectivity index (χ1v) is 8.12. The van der Waals surface area contributed by atoms with Gasteiger partial charge < -0.3 is 5.32 Å². The van der Waals surface area contributed by atoms with Gasteiger partial charge in [-0.1, -0.05) is 27.7 Å². The van der Waals surface area contributed by atoms with Crippen molar-refractivity contribution >= 4 is 0 Å². The summed E-state index contributed by atoms with van der Waals surface area (Å²) in [5, 5.41) is 7.94. The van der Waals surface area contributed by atoms with E-state index in [0.29, 0.717) is 11.3 Å². The second kappa shape index (κ2) is 6.30. The topological polar surface area (TPSA) is 29.9 Å². The third kappa shape index (κ3) is 3.43. The normalized spacial score (nSPS) is 27.8. The highest BCUT2D eigenvalue weighted by Gasteiger charge is 2.37. The molecule has 1 aromatic rings. The Morgan fingerprint density at radius 1 is 1.35 bits per heavy atom. The molecule has 2 rings (SSSR count). The zero-order chi connectivity index (χ0) is 14.8. The third-order valence-corrected chi connectivity index (χ3v) is 5.11. The molecule has 1 saturated carbocycles. The van der Waals surface area contributed by atoms with Crippen molar-refractivity contribution in [1.82, 2.24) is 15.1 Å². The minimum Gasteiger partial charge on any atom is -0.317 e. The fourth-order valence-electron chi connectivity index (χ4n) is 3.70. The molecule has 0 spiro atoms. The SMILES string of the molecule is CCNCC1CCC(C(C)(C)C)CC1c1ccnn1C. The van der Waals surface area contributed by atoms with Gasteiger partial charge in [0.1, 0.15) is 0 Å². The van der Waals surface area contributed by atoms with E-state index in [-0.39, 0.29) is 0 Å². The lowest BCUT2D eigenvalue weighted by atomic mass is 9.64. The summed E-state index contributed by atoms with van der Waals surface area (Å²) in [5.74, 6) is 2.23. The van der Waals surface area contributed by atoms with Gasteiger partial charge in [0.05, 0.1) is 0 Å². The van der Waals surface area contributed by atoms with Crippen molar-refractivity contribution in [2.75, 3.05) is 13.1 Å². The Labute approximate surface area is 124 Å². The number of nitrogens with zero attached hydrogens (tertiary/aromatic N) is 2. The van der Waals surface area contributed by atoms with E-state index in [1.807, 2.05) is 6.20 Å². The van der Waals surface area contributed by atoms with E-state index >= 15 is 0 Å². The maximum atomic E-state index is 4.39. The van der Waals surface area contributed by atoms with Crippen molar-refractivity contribution in [3.8, 4) is 0 Å². The van der Waals surface area contributed by atoms with Gasteiger partial charge in [0.15, 0.2) is 0 Å². The van der Waals surface area contributed by atoms with E-state index in [1.54, 1.807) is 0 Å². The number of hydrogen-bond acceptors (Lipinski definition) is 2. The summed E-state index contributed by atoms with van der Waals surface area (Å²) >= 11 is 0. The minimum absolute atomic E-state index is 0.417. The summed E-state index contributed by atoms with van der Waals surface area (Å²) in [6.07, 6.45) is 5.96. The highest BCUT2D eigenvalue weighted by molar-refractivity contribution is 5.12. The van der Waals surface area contributed by atoms with Gasteiger partial charge in [-0.25, -0.2) is 0 Å². The van der Waals surface area contributed by atoms with Crippen LogP contribution in [0.25, 0.3) is 0 Å². The van der Waals surface area contributed by atoms with Gasteiger partial charge in [0, 0.05) is 24.9 Å². The lowest BCUT2D eigenvalue weighted by molar-refractivity contribution is 0.126. The van der Waals surface area contributed by atoms with E-state index in [0.717, 1.165) is 24.9 Å². The first-order valence-electron chi connectivity index (χ1n) is 8.12. The largest absolute Gasteiger partial charge is 0.317 e. The fraction of sp³-hybridized carbons (Fsp3) is 0.824. The molecule has 3 atom stereocenters. The Hall–Kier alpha value is -0.830. The van der Waals surface area contributed by atoms with Crippen molar-refractivity contribution in [1.29, 1.82) is 0 Å². The predicted molar refractivity (Wildman–Crippen MR) is 84.8 cm³/mol. The van der Waals surface area contributed by atoms with Gasteiger partial charge in [0.25, 0.3) is 0 Å². The van der Waals surface area contributed by atoms with E-state index in [9.17, 15) is 0 Å². The zero-order valence-corrected chi connectivity index (χ0v) is 13.8. The Kier molecular flexibility index (Phi) is 4.90. The standard InChI is InChI=1S/C17H31N3/c1-6-18-12-13-7-8-14(17(2,3)4)11-15(13)16-9-10-19-20(16)5/h9-10,13-15,18H,6-8,11-12H2,1-5H3. The number of nitrogens with one attached hydrogen (secondary N) is 1. The van der Waals surface area contributed by atoms with Gasteiger partial charge >= 0.3 is 0 Å². The van der Waals surface area contributed by atoms with E-state index in [2.05, 4.69) is 55.9 Å². The van der Waals surface area contributed by atoms with Crippen molar-refractivity contribution in [2.24, 2.45) is 24.3 Å². The van der Waals surface area contributed by atoms with E-state index in [1.165, 1.54) is 25.0 Å². The number of aromatic nitrogens is 2. The second-order valence-corrected chi connectivity index (χ2v) is 7.43. The molecule has 0 radical (unpaired) electrons. The molecule has 20 heavy (non-hydrogen) atoms. The Bertz CT molecular complexity index is 416. The highest BCUT2D eigenvalue weighted by Crippen LogP contribution is 2.46. The van der Waals surface area contributed by atoms with Crippen LogP contribution in [0.2, 0.25) is 0 Å². The Morgan fingerprint density at radius 3 is 2.65 bits per heavy atom. The summed E-state index contributed by atoms with van der Waals surface area (Å²) in [6, 6.07) is 2.22. The molecule has 0 aromatic carbocycles. The first-order chi connectivity index (χ1) is 9.43. The second-order valence-electron chi connectivity index (χ2n) is 7.43. The van der Waals surface area contributed by atoms with Crippen LogP contribution in [0.1, 0.15) is 58.6 Å². The van der Waals surface area contributed by atoms with Crippen molar-refractivity contribution < 1.29 is 0 Å². The lowest BCUT2D eigenvalue weighted by Crippen LogP contribution is -2.36. The average Bonchev–Trinajstić information content (AvgIpc) is 2.81. The smallest absolute Gasteiger partial charge is 0.0492 e. The van der Waals surface area contributed by atoms with E-state index < -0.39 is 0 Å². The lowest BCUT2D eigenvalue weighted by Gasteiger charge is -2.42.